The zero-order chi connectivity index (χ0) is 14.7. The molecule has 0 saturated heterocycles. The number of anilines is 1. The van der Waals surface area contributed by atoms with Crippen LogP contribution in [0.5, 0.6) is 0 Å². The van der Waals surface area contributed by atoms with Crippen LogP contribution in [0.3, 0.4) is 0 Å². The van der Waals surface area contributed by atoms with E-state index in [9.17, 15) is 0 Å². The van der Waals surface area contributed by atoms with Crippen LogP contribution in [0.4, 0.5) is 5.69 Å². The number of aromatic nitrogens is 4. The average Bonchev–Trinajstić information content (AvgIpc) is 3.16. The van der Waals surface area contributed by atoms with Crippen LogP contribution in [-0.2, 0) is 13.1 Å². The molecule has 0 unspecified atom stereocenters. The summed E-state index contributed by atoms with van der Waals surface area (Å²) in [5.41, 5.74) is 3.07. The molecule has 0 bridgehead atoms. The van der Waals surface area contributed by atoms with Crippen molar-refractivity contribution < 1.29 is 0 Å². The van der Waals surface area contributed by atoms with Gasteiger partial charge in [0.2, 0.25) is 0 Å². The Morgan fingerprint density at radius 3 is 2.90 bits per heavy atom. The first-order valence-corrected chi connectivity index (χ1v) is 7.17. The fourth-order valence-electron chi connectivity index (χ4n) is 2.17. The van der Waals surface area contributed by atoms with Crippen molar-refractivity contribution in [1.29, 1.82) is 0 Å². The molecule has 0 aliphatic rings. The standard InChI is InChI=1S/C15H16ClN5/c1-2-20-6-5-12(9-20)8-18-14-7-13(16)3-4-15(14)21-11-17-10-19-21/h3-7,9-11,18H,2,8H2,1H3. The van der Waals surface area contributed by atoms with Crippen molar-refractivity contribution in [3.05, 3.63) is 59.9 Å². The molecule has 0 atom stereocenters. The molecule has 6 heteroatoms. The largest absolute Gasteiger partial charge is 0.379 e. The molecule has 0 fully saturated rings. The van der Waals surface area contributed by atoms with Crippen LogP contribution in [0.15, 0.2) is 49.3 Å². The molecular formula is C15H16ClN5. The molecular weight excluding hydrogens is 286 g/mol. The minimum Gasteiger partial charge on any atom is -0.379 e. The monoisotopic (exact) mass is 301 g/mol. The Morgan fingerprint density at radius 2 is 2.19 bits per heavy atom. The summed E-state index contributed by atoms with van der Waals surface area (Å²) in [5, 5.41) is 8.26. The van der Waals surface area contributed by atoms with E-state index in [0.717, 1.165) is 24.5 Å². The van der Waals surface area contributed by atoms with Crippen molar-refractivity contribution >= 4 is 17.3 Å². The predicted octanol–water partition coefficient (Wildman–Crippen LogP) is 3.35. The lowest BCUT2D eigenvalue weighted by molar-refractivity contribution is 0.766. The van der Waals surface area contributed by atoms with Gasteiger partial charge in [0.05, 0.1) is 11.4 Å². The number of aryl methyl sites for hydroxylation is 1. The molecule has 3 aromatic rings. The van der Waals surface area contributed by atoms with Gasteiger partial charge in [0, 0.05) is 30.5 Å². The summed E-state index contributed by atoms with van der Waals surface area (Å²) in [6.07, 6.45) is 7.39. The molecule has 3 rings (SSSR count). The van der Waals surface area contributed by atoms with Gasteiger partial charge in [0.25, 0.3) is 0 Å². The summed E-state index contributed by atoms with van der Waals surface area (Å²) in [6, 6.07) is 7.78. The van der Waals surface area contributed by atoms with Gasteiger partial charge in [0.15, 0.2) is 0 Å². The predicted molar refractivity (Wildman–Crippen MR) is 83.8 cm³/mol. The molecule has 2 aromatic heterocycles. The molecule has 0 saturated carbocycles. The zero-order valence-electron chi connectivity index (χ0n) is 11.7. The highest BCUT2D eigenvalue weighted by Gasteiger charge is 2.06. The summed E-state index contributed by atoms with van der Waals surface area (Å²) < 4.78 is 3.86. The normalized spacial score (nSPS) is 10.8. The van der Waals surface area contributed by atoms with Gasteiger partial charge in [-0.25, -0.2) is 9.67 Å². The minimum absolute atomic E-state index is 0.687. The van der Waals surface area contributed by atoms with E-state index in [2.05, 4.69) is 45.4 Å². The Labute approximate surface area is 128 Å². The molecule has 5 nitrogen and oxygen atoms in total. The number of hydrogen-bond donors (Lipinski definition) is 1. The smallest absolute Gasteiger partial charge is 0.138 e. The van der Waals surface area contributed by atoms with E-state index >= 15 is 0 Å². The molecule has 1 N–H and O–H groups in total. The second-order valence-corrected chi connectivity index (χ2v) is 5.14. The van der Waals surface area contributed by atoms with Gasteiger partial charge in [-0.05, 0) is 36.8 Å². The maximum Gasteiger partial charge on any atom is 0.138 e. The number of nitrogens with one attached hydrogen (secondary N) is 1. The summed E-state index contributed by atoms with van der Waals surface area (Å²) in [7, 11) is 0. The Bertz CT molecular complexity index is 718. The highest BCUT2D eigenvalue weighted by atomic mass is 35.5. The maximum atomic E-state index is 6.10. The van der Waals surface area contributed by atoms with Crippen molar-refractivity contribution in [2.45, 2.75) is 20.0 Å². The fourth-order valence-corrected chi connectivity index (χ4v) is 2.34. The van der Waals surface area contributed by atoms with E-state index in [1.54, 1.807) is 11.0 Å². The van der Waals surface area contributed by atoms with E-state index in [1.807, 2.05) is 18.2 Å². The van der Waals surface area contributed by atoms with Crippen LogP contribution in [0.25, 0.3) is 5.69 Å². The summed E-state index contributed by atoms with van der Waals surface area (Å²) in [5.74, 6) is 0. The molecule has 2 heterocycles. The first-order chi connectivity index (χ1) is 10.3. The Balaban J connectivity index is 1.82. The Hall–Kier alpha value is -2.27. The van der Waals surface area contributed by atoms with E-state index in [1.165, 1.54) is 11.9 Å². The molecule has 0 spiro atoms. The van der Waals surface area contributed by atoms with Crippen molar-refractivity contribution in [2.24, 2.45) is 0 Å². The number of benzene rings is 1. The SMILES string of the molecule is CCn1ccc(CNc2cc(Cl)ccc2-n2cncn2)c1. The molecule has 0 aliphatic carbocycles. The van der Waals surface area contributed by atoms with Gasteiger partial charge in [0.1, 0.15) is 12.7 Å². The van der Waals surface area contributed by atoms with Crippen LogP contribution in [-0.4, -0.2) is 19.3 Å². The Morgan fingerprint density at radius 1 is 1.29 bits per heavy atom. The third kappa shape index (κ3) is 3.08. The second kappa shape index (κ2) is 6.01. The number of halogens is 1. The molecule has 0 aliphatic heterocycles. The van der Waals surface area contributed by atoms with Crippen LogP contribution in [0.2, 0.25) is 5.02 Å². The number of nitrogens with zero attached hydrogens (tertiary/aromatic N) is 4. The topological polar surface area (TPSA) is 47.7 Å². The van der Waals surface area contributed by atoms with E-state index in [-0.39, 0.29) is 0 Å². The van der Waals surface area contributed by atoms with Gasteiger partial charge in [-0.3, -0.25) is 0 Å². The van der Waals surface area contributed by atoms with Gasteiger partial charge >= 0.3 is 0 Å². The lowest BCUT2D eigenvalue weighted by Gasteiger charge is -2.11. The lowest BCUT2D eigenvalue weighted by atomic mass is 10.2. The molecule has 0 amide bonds. The average molecular weight is 302 g/mol. The third-order valence-corrected chi connectivity index (χ3v) is 3.52. The van der Waals surface area contributed by atoms with Crippen molar-refractivity contribution in [1.82, 2.24) is 19.3 Å². The first kappa shape index (κ1) is 13.7. The first-order valence-electron chi connectivity index (χ1n) is 6.79. The van der Waals surface area contributed by atoms with Crippen LogP contribution < -0.4 is 5.32 Å². The van der Waals surface area contributed by atoms with Crippen LogP contribution >= 0.6 is 11.6 Å². The van der Waals surface area contributed by atoms with E-state index < -0.39 is 0 Å². The summed E-state index contributed by atoms with van der Waals surface area (Å²) in [6.45, 7) is 3.83. The number of rotatable bonds is 5. The van der Waals surface area contributed by atoms with Crippen molar-refractivity contribution in [3.8, 4) is 5.69 Å². The van der Waals surface area contributed by atoms with E-state index in [4.69, 9.17) is 11.6 Å². The third-order valence-electron chi connectivity index (χ3n) is 3.28. The minimum atomic E-state index is 0.687. The number of hydrogen-bond acceptors (Lipinski definition) is 3. The second-order valence-electron chi connectivity index (χ2n) is 4.71. The molecule has 108 valence electrons. The van der Waals surface area contributed by atoms with Gasteiger partial charge in [-0.1, -0.05) is 11.6 Å². The summed E-state index contributed by atoms with van der Waals surface area (Å²) >= 11 is 6.10. The van der Waals surface area contributed by atoms with Crippen LogP contribution in [0.1, 0.15) is 12.5 Å². The molecule has 0 radical (unpaired) electrons. The van der Waals surface area contributed by atoms with Crippen LogP contribution in [0, 0.1) is 0 Å². The van der Waals surface area contributed by atoms with Crippen molar-refractivity contribution in [3.63, 3.8) is 0 Å². The van der Waals surface area contributed by atoms with E-state index in [0.29, 0.717) is 5.02 Å². The highest BCUT2D eigenvalue weighted by Crippen LogP contribution is 2.24. The Kier molecular flexibility index (Phi) is 3.92. The fraction of sp³-hybridized carbons (Fsp3) is 0.200. The quantitative estimate of drug-likeness (QED) is 0.786. The van der Waals surface area contributed by atoms with Gasteiger partial charge < -0.3 is 9.88 Å². The molecule has 1 aromatic carbocycles. The zero-order valence-corrected chi connectivity index (χ0v) is 12.5. The lowest BCUT2D eigenvalue weighted by Crippen LogP contribution is -2.04. The summed E-state index contributed by atoms with van der Waals surface area (Å²) in [4.78, 5) is 3.98. The van der Waals surface area contributed by atoms with Gasteiger partial charge in [-0.15, -0.1) is 0 Å². The maximum absolute atomic E-state index is 6.10. The highest BCUT2D eigenvalue weighted by molar-refractivity contribution is 6.31. The van der Waals surface area contributed by atoms with Gasteiger partial charge in [-0.2, -0.15) is 5.10 Å². The van der Waals surface area contributed by atoms with Crippen molar-refractivity contribution in [2.75, 3.05) is 5.32 Å². The molecule has 21 heavy (non-hydrogen) atoms.